The minimum Gasteiger partial charge on any atom is -0.497 e. The van der Waals surface area contributed by atoms with Crippen LogP contribution in [0.15, 0.2) is 42.5 Å². The van der Waals surface area contributed by atoms with Gasteiger partial charge in [0.1, 0.15) is 5.75 Å². The molecule has 0 bridgehead atoms. The van der Waals surface area contributed by atoms with Gasteiger partial charge in [-0.05, 0) is 24.3 Å². The fourth-order valence-electron chi connectivity index (χ4n) is 3.09. The molecule has 2 N–H and O–H groups in total. The van der Waals surface area contributed by atoms with Crippen molar-refractivity contribution >= 4 is 40.5 Å². The van der Waals surface area contributed by atoms with Crippen LogP contribution >= 0.6 is 23.2 Å². The van der Waals surface area contributed by atoms with Gasteiger partial charge in [0.2, 0.25) is 0 Å². The van der Waals surface area contributed by atoms with Crippen LogP contribution in [0.5, 0.6) is 5.75 Å². The predicted octanol–water partition coefficient (Wildman–Crippen LogP) is 2.35. The summed E-state index contributed by atoms with van der Waals surface area (Å²) in [4.78, 5) is 15.9. The highest BCUT2D eigenvalue weighted by Gasteiger charge is 2.23. The summed E-state index contributed by atoms with van der Waals surface area (Å²) in [7, 11) is 1.67. The molecule has 7 heteroatoms. The van der Waals surface area contributed by atoms with Crippen LogP contribution in [-0.2, 0) is 4.79 Å². The number of methoxy groups -OCH3 is 1. The van der Waals surface area contributed by atoms with Crippen LogP contribution in [0.2, 0.25) is 10.0 Å². The third-order valence-electron chi connectivity index (χ3n) is 4.53. The molecule has 1 fully saturated rings. The number of halogens is 2. The molecule has 0 aromatic heterocycles. The fraction of sp³-hybridized carbons (Fsp3) is 0.316. The van der Waals surface area contributed by atoms with Gasteiger partial charge < -0.3 is 19.9 Å². The maximum absolute atomic E-state index is 12.3. The van der Waals surface area contributed by atoms with Gasteiger partial charge in [0.25, 0.3) is 5.91 Å². The Bertz CT molecular complexity index is 777. The lowest BCUT2D eigenvalue weighted by molar-refractivity contribution is -0.892. The molecule has 0 saturated carbocycles. The third kappa shape index (κ3) is 4.61. The Kier molecular flexibility index (Phi) is 6.25. The summed E-state index contributed by atoms with van der Waals surface area (Å²) in [6.45, 7) is 4.00. The minimum atomic E-state index is -0.0565. The van der Waals surface area contributed by atoms with E-state index >= 15 is 0 Å². The van der Waals surface area contributed by atoms with Crippen LogP contribution in [0.1, 0.15) is 0 Å². The number of hydrogen-bond acceptors (Lipinski definition) is 3. The third-order valence-corrected chi connectivity index (χ3v) is 5.34. The largest absolute Gasteiger partial charge is 0.497 e. The van der Waals surface area contributed by atoms with Crippen molar-refractivity contribution in [3.8, 4) is 5.75 Å². The van der Waals surface area contributed by atoms with Crippen molar-refractivity contribution in [3.63, 3.8) is 0 Å². The first kappa shape index (κ1) is 18.8. The number of hydrogen-bond donors (Lipinski definition) is 2. The number of benzene rings is 2. The van der Waals surface area contributed by atoms with E-state index < -0.39 is 0 Å². The standard InChI is InChI=1S/C19H21Cl2N3O2/c1-26-15-5-2-4-14(12-15)24-10-8-23(9-11-24)13-18(25)22-17-7-3-6-16(20)19(17)21/h2-7,12H,8-11,13H2,1H3,(H,22,25)/p+1. The zero-order valence-corrected chi connectivity index (χ0v) is 16.1. The second kappa shape index (κ2) is 8.62. The van der Waals surface area contributed by atoms with Crippen molar-refractivity contribution in [2.24, 2.45) is 0 Å². The van der Waals surface area contributed by atoms with Crippen LogP contribution in [0.25, 0.3) is 0 Å². The van der Waals surface area contributed by atoms with Crippen molar-refractivity contribution < 1.29 is 14.4 Å². The number of quaternary nitrogens is 1. The molecule has 26 heavy (non-hydrogen) atoms. The molecule has 1 amide bonds. The minimum absolute atomic E-state index is 0.0565. The molecule has 0 unspecified atom stereocenters. The lowest BCUT2D eigenvalue weighted by Gasteiger charge is -2.33. The van der Waals surface area contributed by atoms with Crippen LogP contribution in [-0.4, -0.2) is 45.7 Å². The maximum Gasteiger partial charge on any atom is 0.279 e. The number of carbonyl (C=O) groups is 1. The van der Waals surface area contributed by atoms with Crippen molar-refractivity contribution in [1.29, 1.82) is 0 Å². The van der Waals surface area contributed by atoms with Crippen molar-refractivity contribution in [2.75, 3.05) is 50.1 Å². The van der Waals surface area contributed by atoms with Gasteiger partial charge >= 0.3 is 0 Å². The van der Waals surface area contributed by atoms with Gasteiger partial charge in [-0.2, -0.15) is 0 Å². The van der Waals surface area contributed by atoms with Gasteiger partial charge in [-0.15, -0.1) is 0 Å². The van der Waals surface area contributed by atoms with Crippen LogP contribution in [0.3, 0.4) is 0 Å². The first-order valence-corrected chi connectivity index (χ1v) is 9.29. The normalized spacial score (nSPS) is 15.0. The monoisotopic (exact) mass is 394 g/mol. The van der Waals surface area contributed by atoms with Crippen LogP contribution in [0.4, 0.5) is 11.4 Å². The van der Waals surface area contributed by atoms with Crippen molar-refractivity contribution in [2.45, 2.75) is 0 Å². The zero-order chi connectivity index (χ0) is 18.5. The highest BCUT2D eigenvalue weighted by Crippen LogP contribution is 2.29. The molecule has 0 spiro atoms. The molecule has 1 aliphatic heterocycles. The molecule has 138 valence electrons. The Balaban J connectivity index is 1.52. The number of nitrogens with zero attached hydrogens (tertiary/aromatic N) is 1. The topological polar surface area (TPSA) is 46.0 Å². The van der Waals surface area contributed by atoms with Crippen LogP contribution < -0.4 is 19.9 Å². The second-order valence-corrected chi connectivity index (χ2v) is 7.05. The van der Waals surface area contributed by atoms with Crippen LogP contribution in [0, 0.1) is 0 Å². The van der Waals surface area contributed by atoms with E-state index in [0.29, 0.717) is 22.3 Å². The molecule has 0 atom stereocenters. The summed E-state index contributed by atoms with van der Waals surface area (Å²) in [6, 6.07) is 13.3. The lowest BCUT2D eigenvalue weighted by atomic mass is 10.2. The average Bonchev–Trinajstić information content (AvgIpc) is 2.66. The summed E-state index contributed by atoms with van der Waals surface area (Å²) in [5, 5.41) is 3.66. The van der Waals surface area contributed by atoms with Gasteiger partial charge in [-0.25, -0.2) is 0 Å². The summed E-state index contributed by atoms with van der Waals surface area (Å²) < 4.78 is 5.29. The van der Waals surface area contributed by atoms with Gasteiger partial charge in [-0.1, -0.05) is 35.3 Å². The summed E-state index contributed by atoms with van der Waals surface area (Å²) in [5.41, 5.74) is 1.71. The molecular formula is C19H22Cl2N3O2+. The number of nitrogens with one attached hydrogen (secondary N) is 2. The summed E-state index contributed by atoms with van der Waals surface area (Å²) in [6.07, 6.45) is 0. The van der Waals surface area contributed by atoms with E-state index in [-0.39, 0.29) is 5.91 Å². The van der Waals surface area contributed by atoms with E-state index in [4.69, 9.17) is 27.9 Å². The van der Waals surface area contributed by atoms with E-state index in [0.717, 1.165) is 37.6 Å². The van der Waals surface area contributed by atoms with Crippen molar-refractivity contribution in [1.82, 2.24) is 0 Å². The highest BCUT2D eigenvalue weighted by molar-refractivity contribution is 6.43. The zero-order valence-electron chi connectivity index (χ0n) is 14.6. The number of ether oxygens (including phenoxy) is 1. The summed E-state index contributed by atoms with van der Waals surface area (Å²) >= 11 is 12.1. The number of amides is 1. The number of anilines is 2. The second-order valence-electron chi connectivity index (χ2n) is 6.26. The molecule has 5 nitrogen and oxygen atoms in total. The first-order chi connectivity index (χ1) is 12.6. The SMILES string of the molecule is COc1cccc(N2CC[NH+](CC(=O)Nc3cccc(Cl)c3Cl)CC2)c1. The van der Waals surface area contributed by atoms with E-state index in [1.165, 1.54) is 4.90 Å². The Morgan fingerprint density at radius 2 is 1.92 bits per heavy atom. The van der Waals surface area contributed by atoms with Gasteiger partial charge in [-0.3, -0.25) is 4.79 Å². The number of carbonyl (C=O) groups excluding carboxylic acids is 1. The molecule has 1 heterocycles. The smallest absolute Gasteiger partial charge is 0.279 e. The lowest BCUT2D eigenvalue weighted by Crippen LogP contribution is -3.15. The predicted molar refractivity (Wildman–Crippen MR) is 106 cm³/mol. The molecule has 2 aromatic rings. The number of rotatable bonds is 5. The first-order valence-electron chi connectivity index (χ1n) is 8.53. The molecular weight excluding hydrogens is 373 g/mol. The molecule has 2 aromatic carbocycles. The maximum atomic E-state index is 12.3. The quantitative estimate of drug-likeness (QED) is 0.817. The highest BCUT2D eigenvalue weighted by atomic mass is 35.5. The Labute approximate surface area is 163 Å². The fourth-order valence-corrected chi connectivity index (χ4v) is 3.43. The number of piperazine rings is 1. The van der Waals surface area contributed by atoms with Gasteiger partial charge in [0, 0.05) is 11.8 Å². The average molecular weight is 395 g/mol. The molecule has 1 saturated heterocycles. The van der Waals surface area contributed by atoms with E-state index in [1.807, 2.05) is 18.2 Å². The van der Waals surface area contributed by atoms with E-state index in [1.54, 1.807) is 25.3 Å². The molecule has 0 aliphatic carbocycles. The Morgan fingerprint density at radius 3 is 2.65 bits per heavy atom. The Morgan fingerprint density at radius 1 is 1.19 bits per heavy atom. The molecule has 1 aliphatic rings. The van der Waals surface area contributed by atoms with Gasteiger partial charge in [0.15, 0.2) is 6.54 Å². The Hall–Kier alpha value is -1.95. The van der Waals surface area contributed by atoms with Gasteiger partial charge in [0.05, 0.1) is 49.0 Å². The molecule has 3 rings (SSSR count). The van der Waals surface area contributed by atoms with E-state index in [2.05, 4.69) is 16.3 Å². The van der Waals surface area contributed by atoms with Crippen molar-refractivity contribution in [3.05, 3.63) is 52.5 Å². The van der Waals surface area contributed by atoms with E-state index in [9.17, 15) is 4.79 Å². The molecule has 0 radical (unpaired) electrons. The summed E-state index contributed by atoms with van der Waals surface area (Å²) in [5.74, 6) is 0.800.